The number of azide groups is 1. The number of benzene rings is 3. The van der Waals surface area contributed by atoms with Gasteiger partial charge in [0.05, 0.1) is 0 Å². The van der Waals surface area contributed by atoms with Crippen molar-refractivity contribution in [1.82, 2.24) is 0 Å². The topological polar surface area (TPSA) is 58.0 Å². The summed E-state index contributed by atoms with van der Waals surface area (Å²) in [4.78, 5) is 2.77. The minimum atomic E-state index is -3.19. The number of rotatable bonds is 11. The van der Waals surface area contributed by atoms with Crippen LogP contribution in [0.5, 0.6) is 0 Å². The Morgan fingerprint density at radius 1 is 0.733 bits per heavy atom. The Hall–Kier alpha value is -2.35. The van der Waals surface area contributed by atoms with E-state index in [4.69, 9.17) is 21.5 Å². The SMILES string of the molecule is [N-]=[N+]=NCCCOCCCP(Cl)(c1ccccc1)(c1ccccc1)c1ccccc1. The van der Waals surface area contributed by atoms with E-state index in [1.165, 1.54) is 15.9 Å². The molecule has 3 aromatic carbocycles. The summed E-state index contributed by atoms with van der Waals surface area (Å²) in [5, 5.41) is 7.06. The molecule has 6 heteroatoms. The third kappa shape index (κ3) is 4.69. The van der Waals surface area contributed by atoms with Crippen LogP contribution in [0.15, 0.2) is 96.1 Å². The molecule has 0 atom stereocenters. The van der Waals surface area contributed by atoms with Crippen molar-refractivity contribution in [3.8, 4) is 0 Å². The quantitative estimate of drug-likeness (QED) is 0.123. The molecule has 0 heterocycles. The number of nitrogens with zero attached hydrogens (tertiary/aromatic N) is 3. The Kier molecular flexibility index (Phi) is 7.90. The van der Waals surface area contributed by atoms with Gasteiger partial charge in [-0.15, -0.1) is 0 Å². The third-order valence-electron chi connectivity index (χ3n) is 5.36. The molecule has 30 heavy (non-hydrogen) atoms. The second kappa shape index (κ2) is 10.6. The predicted octanol–water partition coefficient (Wildman–Crippen LogP) is 5.78. The molecule has 156 valence electrons. The Balaban J connectivity index is 1.95. The van der Waals surface area contributed by atoms with Gasteiger partial charge in [-0.05, 0) is 0 Å². The van der Waals surface area contributed by atoms with Crippen LogP contribution in [0.3, 0.4) is 0 Å². The fourth-order valence-electron chi connectivity index (χ4n) is 3.90. The summed E-state index contributed by atoms with van der Waals surface area (Å²) in [6.45, 7) is 1.66. The molecule has 0 aromatic heterocycles. The van der Waals surface area contributed by atoms with Crippen molar-refractivity contribution in [2.24, 2.45) is 5.11 Å². The average molecular weight is 440 g/mol. The van der Waals surface area contributed by atoms with Gasteiger partial charge in [-0.3, -0.25) is 0 Å². The van der Waals surface area contributed by atoms with Crippen LogP contribution in [-0.2, 0) is 4.74 Å². The van der Waals surface area contributed by atoms with Gasteiger partial charge in [0.1, 0.15) is 0 Å². The normalized spacial score (nSPS) is 12.5. The van der Waals surface area contributed by atoms with Crippen molar-refractivity contribution < 1.29 is 4.74 Å². The molecule has 4 nitrogen and oxygen atoms in total. The van der Waals surface area contributed by atoms with Crippen molar-refractivity contribution in [3.63, 3.8) is 0 Å². The fraction of sp³-hybridized carbons (Fsp3) is 0.250. The number of hydrogen-bond acceptors (Lipinski definition) is 2. The van der Waals surface area contributed by atoms with Crippen LogP contribution in [-0.4, -0.2) is 25.9 Å². The first-order chi connectivity index (χ1) is 14.7. The summed E-state index contributed by atoms with van der Waals surface area (Å²) in [6.07, 6.45) is 2.37. The summed E-state index contributed by atoms with van der Waals surface area (Å²) >= 11 is 7.98. The van der Waals surface area contributed by atoms with E-state index in [2.05, 4.69) is 82.8 Å². The number of hydrogen-bond donors (Lipinski definition) is 0. The fourth-order valence-corrected chi connectivity index (χ4v) is 10.0. The first kappa shape index (κ1) is 22.3. The summed E-state index contributed by atoms with van der Waals surface area (Å²) in [6, 6.07) is 31.4. The molecule has 0 N–H and O–H groups in total. The zero-order valence-corrected chi connectivity index (χ0v) is 18.6. The maximum absolute atomic E-state index is 8.36. The van der Waals surface area contributed by atoms with Crippen molar-refractivity contribution in [3.05, 3.63) is 101 Å². The molecule has 0 fully saturated rings. The molecule has 0 saturated heterocycles. The van der Waals surface area contributed by atoms with Gasteiger partial charge >= 0.3 is 183 Å². The van der Waals surface area contributed by atoms with E-state index in [-0.39, 0.29) is 0 Å². The summed E-state index contributed by atoms with van der Waals surface area (Å²) in [7, 11) is 0. The molecular weight excluding hydrogens is 413 g/mol. The summed E-state index contributed by atoms with van der Waals surface area (Å²) in [5.41, 5.74) is 8.36. The van der Waals surface area contributed by atoms with E-state index in [1.807, 2.05) is 18.2 Å². The zero-order valence-electron chi connectivity index (χ0n) is 17.0. The van der Waals surface area contributed by atoms with Crippen molar-refractivity contribution in [1.29, 1.82) is 0 Å². The molecular formula is C24H27ClN3OP. The van der Waals surface area contributed by atoms with Gasteiger partial charge in [-0.25, -0.2) is 0 Å². The minimum absolute atomic E-state index is 0.462. The molecule has 3 aromatic rings. The monoisotopic (exact) mass is 439 g/mol. The van der Waals surface area contributed by atoms with Crippen LogP contribution < -0.4 is 15.9 Å². The van der Waals surface area contributed by atoms with Gasteiger partial charge < -0.3 is 0 Å². The van der Waals surface area contributed by atoms with Gasteiger partial charge in [0.15, 0.2) is 0 Å². The van der Waals surface area contributed by atoms with E-state index < -0.39 is 5.96 Å². The van der Waals surface area contributed by atoms with Crippen molar-refractivity contribution >= 4 is 33.1 Å². The van der Waals surface area contributed by atoms with Gasteiger partial charge in [-0.2, -0.15) is 0 Å². The zero-order chi connectivity index (χ0) is 21.1. The third-order valence-corrected chi connectivity index (χ3v) is 12.9. The molecule has 3 rings (SSSR count). The molecule has 0 aliphatic carbocycles. The Labute approximate surface area is 183 Å². The second-order valence-electron chi connectivity index (χ2n) is 7.19. The Morgan fingerprint density at radius 2 is 1.17 bits per heavy atom. The first-order valence-electron chi connectivity index (χ1n) is 10.2. The summed E-state index contributed by atoms with van der Waals surface area (Å²) in [5.74, 6) is -3.19. The van der Waals surface area contributed by atoms with Crippen molar-refractivity contribution in [2.45, 2.75) is 12.8 Å². The Bertz CT molecular complexity index is 864. The molecule has 0 saturated carbocycles. The molecule has 0 unspecified atom stereocenters. The van der Waals surface area contributed by atoms with Crippen LogP contribution in [0.25, 0.3) is 10.4 Å². The van der Waals surface area contributed by atoms with Gasteiger partial charge in [0.2, 0.25) is 0 Å². The first-order valence-corrected chi connectivity index (χ1v) is 13.5. The van der Waals surface area contributed by atoms with Crippen LogP contribution in [0, 0.1) is 0 Å². The Morgan fingerprint density at radius 3 is 1.60 bits per heavy atom. The van der Waals surface area contributed by atoms with E-state index in [0.717, 1.165) is 19.0 Å². The number of halogens is 1. The molecule has 0 aliphatic heterocycles. The van der Waals surface area contributed by atoms with E-state index in [9.17, 15) is 0 Å². The van der Waals surface area contributed by atoms with Crippen LogP contribution in [0.2, 0.25) is 0 Å². The average Bonchev–Trinajstić information content (AvgIpc) is 2.82. The van der Waals surface area contributed by atoms with Gasteiger partial charge in [0.25, 0.3) is 0 Å². The van der Waals surface area contributed by atoms with Crippen molar-refractivity contribution in [2.75, 3.05) is 25.9 Å². The van der Waals surface area contributed by atoms with Crippen LogP contribution in [0.1, 0.15) is 12.8 Å². The van der Waals surface area contributed by atoms with E-state index in [0.29, 0.717) is 19.8 Å². The van der Waals surface area contributed by atoms with E-state index >= 15 is 0 Å². The molecule has 0 amide bonds. The maximum atomic E-state index is 8.36. The van der Waals surface area contributed by atoms with Crippen LogP contribution in [0.4, 0.5) is 0 Å². The molecule has 0 radical (unpaired) electrons. The molecule has 0 aliphatic rings. The van der Waals surface area contributed by atoms with Crippen LogP contribution >= 0.6 is 17.2 Å². The predicted molar refractivity (Wildman–Crippen MR) is 130 cm³/mol. The molecule has 0 bridgehead atoms. The van der Waals surface area contributed by atoms with E-state index in [1.54, 1.807) is 0 Å². The standard InChI is InChI=1S/C24H27ClN3OP/c25-30(22-12-4-1-5-13-22,23-14-6-2-7-15-23,24-16-8-3-9-17-24)21-11-20-29-19-10-18-27-28-26/h1-9,12-17H,10-11,18-21H2. The summed E-state index contributed by atoms with van der Waals surface area (Å²) < 4.78 is 5.81. The number of ether oxygens (including phenoxy) is 1. The second-order valence-corrected chi connectivity index (χ2v) is 13.8. The molecule has 0 spiro atoms. The van der Waals surface area contributed by atoms with Gasteiger partial charge in [0, 0.05) is 0 Å². The van der Waals surface area contributed by atoms with Gasteiger partial charge in [-0.1, -0.05) is 0 Å².